The van der Waals surface area contributed by atoms with Gasteiger partial charge in [0.05, 0.1) is 17.2 Å². The fraction of sp³-hybridized carbons (Fsp3) is 0.786. The van der Waals surface area contributed by atoms with Crippen molar-refractivity contribution in [2.24, 2.45) is 40.4 Å². The number of pyridine rings is 1. The number of ketones is 1. The molecule has 8 atom stereocenters. The molecule has 1 N–H and O–H groups in total. The molecule has 2 aromatic rings. The van der Waals surface area contributed by atoms with E-state index in [4.69, 9.17) is 16.3 Å². The molecule has 2 heterocycles. The number of rotatable bonds is 5. The molecular formula is C28H39ClN4O3. The van der Waals surface area contributed by atoms with Crippen LogP contribution < -0.4 is 0 Å². The quantitative estimate of drug-likeness (QED) is 0.598. The van der Waals surface area contributed by atoms with E-state index in [9.17, 15) is 9.90 Å². The molecule has 4 aliphatic rings. The first kappa shape index (κ1) is 24.7. The lowest BCUT2D eigenvalue weighted by Crippen LogP contribution is -2.58. The van der Waals surface area contributed by atoms with E-state index in [-0.39, 0.29) is 29.1 Å². The van der Waals surface area contributed by atoms with Crippen LogP contribution in [-0.4, -0.2) is 50.2 Å². The zero-order chi connectivity index (χ0) is 25.3. The number of aliphatic hydroxyl groups is 1. The second-order valence-corrected chi connectivity index (χ2v) is 13.3. The SMILES string of the molecule is COCC12CCC(C)(O)CC1CCC1C3CCC(C(=O)Cn4nnc5ncc(Cl)cc54)C3(C)CCC12. The molecule has 0 aliphatic heterocycles. The van der Waals surface area contributed by atoms with E-state index in [0.29, 0.717) is 39.9 Å². The highest BCUT2D eigenvalue weighted by Gasteiger charge is 2.63. The Bertz CT molecular complexity index is 1170. The van der Waals surface area contributed by atoms with E-state index in [1.165, 1.54) is 12.8 Å². The summed E-state index contributed by atoms with van der Waals surface area (Å²) in [7, 11) is 1.84. The maximum absolute atomic E-state index is 13.7. The van der Waals surface area contributed by atoms with Gasteiger partial charge in [-0.25, -0.2) is 9.67 Å². The molecule has 0 saturated heterocycles. The molecule has 8 heteroatoms. The molecule has 2 aromatic heterocycles. The second kappa shape index (κ2) is 8.74. The average Bonchev–Trinajstić information content (AvgIpc) is 3.39. The number of Topliss-reactive ketones (excluding diaryl/α,β-unsaturated/α-hetero) is 1. The van der Waals surface area contributed by atoms with Crippen molar-refractivity contribution in [3.63, 3.8) is 0 Å². The van der Waals surface area contributed by atoms with Crippen molar-refractivity contribution >= 4 is 28.5 Å². The van der Waals surface area contributed by atoms with Crippen molar-refractivity contribution in [2.75, 3.05) is 13.7 Å². The van der Waals surface area contributed by atoms with Gasteiger partial charge in [-0.1, -0.05) is 23.7 Å². The molecule has 0 bridgehead atoms. The summed E-state index contributed by atoms with van der Waals surface area (Å²) in [6.45, 7) is 5.44. The highest BCUT2D eigenvalue weighted by atomic mass is 35.5. The van der Waals surface area contributed by atoms with Crippen LogP contribution in [0.4, 0.5) is 0 Å². The third-order valence-corrected chi connectivity index (χ3v) is 11.3. The maximum atomic E-state index is 13.7. The lowest BCUT2D eigenvalue weighted by atomic mass is 9.43. The van der Waals surface area contributed by atoms with Crippen LogP contribution in [0.1, 0.15) is 71.6 Å². The average molecular weight is 515 g/mol. The van der Waals surface area contributed by atoms with Gasteiger partial charge in [0.1, 0.15) is 12.1 Å². The Morgan fingerprint density at radius 3 is 2.81 bits per heavy atom. The van der Waals surface area contributed by atoms with Crippen molar-refractivity contribution in [3.05, 3.63) is 17.3 Å². The minimum absolute atomic E-state index is 0.0335. The molecule has 4 aliphatic carbocycles. The van der Waals surface area contributed by atoms with E-state index in [2.05, 4.69) is 22.2 Å². The number of carbonyl (C=O) groups is 1. The first-order chi connectivity index (χ1) is 17.2. The summed E-state index contributed by atoms with van der Waals surface area (Å²) in [5.41, 5.74) is 0.900. The van der Waals surface area contributed by atoms with E-state index in [1.54, 1.807) is 16.9 Å². The first-order valence-electron chi connectivity index (χ1n) is 13.8. The monoisotopic (exact) mass is 514 g/mol. The fourth-order valence-corrected chi connectivity index (χ4v) is 9.67. The number of methoxy groups -OCH3 is 1. The van der Waals surface area contributed by atoms with Crippen LogP contribution in [-0.2, 0) is 16.1 Å². The molecule has 6 rings (SSSR count). The van der Waals surface area contributed by atoms with Crippen LogP contribution in [0.5, 0.6) is 0 Å². The Morgan fingerprint density at radius 2 is 2.00 bits per heavy atom. The number of hydrogen-bond donors (Lipinski definition) is 1. The van der Waals surface area contributed by atoms with Crippen LogP contribution in [0.3, 0.4) is 0 Å². The number of aromatic nitrogens is 4. The standard InChI is InChI=1S/C28H39ClN4O3/c1-26(35)10-11-28(16-36-3)17(13-26)4-5-19-20-6-7-22(27(20,2)9-8-21(19)28)24(34)15-33-23-12-18(29)14-30-25(23)31-32-33/h12,14,17,19-22,35H,4-11,13,15-16H2,1-3H3. The van der Waals surface area contributed by atoms with Gasteiger partial charge >= 0.3 is 0 Å². The molecule has 0 spiro atoms. The molecule has 8 unspecified atom stereocenters. The minimum atomic E-state index is -0.548. The lowest BCUT2D eigenvalue weighted by Gasteiger charge is -2.62. The summed E-state index contributed by atoms with van der Waals surface area (Å²) in [5, 5.41) is 19.7. The highest BCUT2D eigenvalue weighted by Crippen LogP contribution is 2.68. The van der Waals surface area contributed by atoms with Gasteiger partial charge in [-0.2, -0.15) is 0 Å². The Hall–Kier alpha value is -1.57. The Labute approximate surface area is 218 Å². The fourth-order valence-electron chi connectivity index (χ4n) is 9.52. The summed E-state index contributed by atoms with van der Waals surface area (Å²) in [6.07, 6.45) is 11.1. The second-order valence-electron chi connectivity index (χ2n) is 12.9. The number of nitrogens with zero attached hydrogens (tertiary/aromatic N) is 4. The van der Waals surface area contributed by atoms with E-state index in [0.717, 1.165) is 51.6 Å². The summed E-state index contributed by atoms with van der Waals surface area (Å²) >= 11 is 6.15. The maximum Gasteiger partial charge on any atom is 0.201 e. The number of hydrogen-bond acceptors (Lipinski definition) is 6. The molecule has 196 valence electrons. The number of halogens is 1. The highest BCUT2D eigenvalue weighted by molar-refractivity contribution is 6.31. The Balaban J connectivity index is 1.24. The van der Waals surface area contributed by atoms with Gasteiger partial charge in [0, 0.05) is 19.2 Å². The van der Waals surface area contributed by atoms with Crippen molar-refractivity contribution in [1.29, 1.82) is 0 Å². The third-order valence-electron chi connectivity index (χ3n) is 11.1. The van der Waals surface area contributed by atoms with E-state index in [1.807, 2.05) is 14.0 Å². The van der Waals surface area contributed by atoms with Gasteiger partial charge in [-0.05, 0) is 105 Å². The molecular weight excluding hydrogens is 476 g/mol. The van der Waals surface area contributed by atoms with Crippen LogP contribution in [0.15, 0.2) is 12.3 Å². The van der Waals surface area contributed by atoms with Crippen molar-refractivity contribution < 1.29 is 14.6 Å². The van der Waals surface area contributed by atoms with Gasteiger partial charge in [-0.3, -0.25) is 4.79 Å². The van der Waals surface area contributed by atoms with Crippen LogP contribution in [0.2, 0.25) is 5.02 Å². The van der Waals surface area contributed by atoms with Gasteiger partial charge in [0.25, 0.3) is 0 Å². The summed E-state index contributed by atoms with van der Waals surface area (Å²) < 4.78 is 7.56. The van der Waals surface area contributed by atoms with Crippen LogP contribution in [0.25, 0.3) is 11.2 Å². The van der Waals surface area contributed by atoms with Crippen LogP contribution in [0, 0.1) is 40.4 Å². The molecule has 7 nitrogen and oxygen atoms in total. The molecule has 0 amide bonds. The third kappa shape index (κ3) is 3.75. The number of carbonyl (C=O) groups excluding carboxylic acids is 1. The summed E-state index contributed by atoms with van der Waals surface area (Å²) in [5.74, 6) is 2.70. The Kier molecular flexibility index (Phi) is 6.01. The Morgan fingerprint density at radius 1 is 1.17 bits per heavy atom. The smallest absolute Gasteiger partial charge is 0.201 e. The van der Waals surface area contributed by atoms with Gasteiger partial charge in [0.15, 0.2) is 5.78 Å². The normalized spacial score (nSPS) is 42.1. The van der Waals surface area contributed by atoms with Gasteiger partial charge in [-0.15, -0.1) is 5.10 Å². The van der Waals surface area contributed by atoms with Gasteiger partial charge < -0.3 is 9.84 Å². The lowest BCUT2D eigenvalue weighted by molar-refractivity contribution is -0.175. The van der Waals surface area contributed by atoms with Gasteiger partial charge in [0.2, 0.25) is 5.65 Å². The number of ether oxygens (including phenoxy) is 1. The molecule has 0 aromatic carbocycles. The minimum Gasteiger partial charge on any atom is -0.390 e. The summed E-state index contributed by atoms with van der Waals surface area (Å²) in [6, 6.07) is 1.79. The molecule has 4 fully saturated rings. The largest absolute Gasteiger partial charge is 0.390 e. The van der Waals surface area contributed by atoms with E-state index < -0.39 is 5.60 Å². The molecule has 36 heavy (non-hydrogen) atoms. The zero-order valence-corrected chi connectivity index (χ0v) is 22.5. The van der Waals surface area contributed by atoms with Crippen molar-refractivity contribution in [1.82, 2.24) is 20.0 Å². The molecule has 4 saturated carbocycles. The number of fused-ring (bicyclic) bond motifs is 6. The molecule has 0 radical (unpaired) electrons. The predicted octanol–water partition coefficient (Wildman–Crippen LogP) is 5.09. The predicted molar refractivity (Wildman–Crippen MR) is 137 cm³/mol. The van der Waals surface area contributed by atoms with E-state index >= 15 is 0 Å². The van der Waals surface area contributed by atoms with Crippen molar-refractivity contribution in [3.8, 4) is 0 Å². The van der Waals surface area contributed by atoms with Crippen molar-refractivity contribution in [2.45, 2.75) is 83.8 Å². The summed E-state index contributed by atoms with van der Waals surface area (Å²) in [4.78, 5) is 18.0. The topological polar surface area (TPSA) is 90.1 Å². The van der Waals surface area contributed by atoms with Crippen LogP contribution >= 0.6 is 11.6 Å². The first-order valence-corrected chi connectivity index (χ1v) is 14.1. The zero-order valence-electron chi connectivity index (χ0n) is 21.8.